The fourth-order valence-corrected chi connectivity index (χ4v) is 5.44. The van der Waals surface area contributed by atoms with Crippen LogP contribution in [0.3, 0.4) is 0 Å². The molecule has 4 atom stereocenters. The van der Waals surface area contributed by atoms with Crippen molar-refractivity contribution in [1.82, 2.24) is 14.6 Å². The van der Waals surface area contributed by atoms with Gasteiger partial charge in [0, 0.05) is 0 Å². The predicted molar refractivity (Wildman–Crippen MR) is 161 cm³/mol. The quantitative estimate of drug-likeness (QED) is 0.239. The number of anilines is 1. The lowest BCUT2D eigenvalue weighted by atomic mass is 9.90. The van der Waals surface area contributed by atoms with E-state index < -0.39 is 23.9 Å². The zero-order chi connectivity index (χ0) is 29.6. The summed E-state index contributed by atoms with van der Waals surface area (Å²) in [6.07, 6.45) is -0.931. The van der Waals surface area contributed by atoms with Gasteiger partial charge >= 0.3 is 0 Å². The molecule has 0 aliphatic carbocycles. The van der Waals surface area contributed by atoms with E-state index in [9.17, 15) is 5.26 Å². The van der Waals surface area contributed by atoms with Gasteiger partial charge in [0.15, 0.2) is 5.82 Å². The van der Waals surface area contributed by atoms with E-state index in [1.54, 1.807) is 6.07 Å². The fourth-order valence-electron chi connectivity index (χ4n) is 5.44. The molecule has 1 fully saturated rings. The first-order valence-corrected chi connectivity index (χ1v) is 14.0. The average Bonchev–Trinajstić information content (AvgIpc) is 3.55. The molecule has 0 saturated carbocycles. The van der Waals surface area contributed by atoms with Gasteiger partial charge in [0.25, 0.3) is 0 Å². The Morgan fingerprint density at radius 2 is 1.47 bits per heavy atom. The van der Waals surface area contributed by atoms with E-state index >= 15 is 0 Å². The van der Waals surface area contributed by atoms with Gasteiger partial charge in [-0.15, -0.1) is 0 Å². The van der Waals surface area contributed by atoms with Gasteiger partial charge in [-0.3, -0.25) is 0 Å². The third-order valence-electron chi connectivity index (χ3n) is 7.51. The Hall–Kier alpha value is -4.53. The first-order chi connectivity index (χ1) is 21.1. The molecular weight excluding hydrogens is 541 g/mol. The van der Waals surface area contributed by atoms with Gasteiger partial charge in [0.1, 0.15) is 44.1 Å². The van der Waals surface area contributed by atoms with E-state index in [4.69, 9.17) is 32.5 Å². The second kappa shape index (κ2) is 12.8. The standard InChI is InChI=1S/C33H30BN5O4/c34-26-16-28(39-29(26)32(36)37-22-38-39)33(21-35)31(42-19-25-14-8-3-9-15-25)30(41-18-24-12-6-2-7-13-24)27(43-33)20-40-17-23-10-4-1-5-11-23/h1-16,22,27,30-31H,17-20H2,(H2,36,37,38)/t27-,30-,31-,33+/m1/s1. The second-order valence-electron chi connectivity index (χ2n) is 10.4. The van der Waals surface area contributed by atoms with Gasteiger partial charge in [0.05, 0.1) is 32.1 Å². The summed E-state index contributed by atoms with van der Waals surface area (Å²) in [6, 6.07) is 33.5. The average molecular weight is 571 g/mol. The minimum Gasteiger partial charge on any atom is -0.382 e. The minimum atomic E-state index is -1.67. The Morgan fingerprint density at radius 3 is 2.07 bits per heavy atom. The molecule has 2 N–H and O–H groups in total. The first kappa shape index (κ1) is 28.6. The Kier molecular flexibility index (Phi) is 8.49. The molecule has 2 aromatic heterocycles. The van der Waals surface area contributed by atoms with Crippen molar-refractivity contribution in [3.8, 4) is 6.07 Å². The number of hydrogen-bond acceptors (Lipinski definition) is 8. The molecule has 1 aliphatic heterocycles. The molecule has 5 aromatic rings. The number of aromatic nitrogens is 3. The molecular formula is C33H30BN5O4. The number of hydrogen-bond donors (Lipinski definition) is 1. The molecule has 214 valence electrons. The van der Waals surface area contributed by atoms with Gasteiger partial charge in [-0.1, -0.05) is 96.5 Å². The summed E-state index contributed by atoms with van der Waals surface area (Å²) in [5.41, 5.74) is 8.50. The van der Waals surface area contributed by atoms with Crippen molar-refractivity contribution in [3.63, 3.8) is 0 Å². The van der Waals surface area contributed by atoms with Crippen molar-refractivity contribution in [2.45, 2.75) is 43.7 Å². The molecule has 3 aromatic carbocycles. The van der Waals surface area contributed by atoms with Crippen LogP contribution in [0.15, 0.2) is 103 Å². The number of nitriles is 1. The molecule has 0 amide bonds. The fraction of sp³-hybridized carbons (Fsp3) is 0.242. The molecule has 0 unspecified atom stereocenters. The summed E-state index contributed by atoms with van der Waals surface area (Å²) in [7, 11) is 6.38. The van der Waals surface area contributed by atoms with E-state index in [0.717, 1.165) is 16.7 Å². The van der Waals surface area contributed by atoms with Crippen molar-refractivity contribution in [1.29, 1.82) is 5.26 Å². The molecule has 43 heavy (non-hydrogen) atoms. The van der Waals surface area contributed by atoms with Gasteiger partial charge in [-0.2, -0.15) is 10.4 Å². The third-order valence-corrected chi connectivity index (χ3v) is 7.51. The summed E-state index contributed by atoms with van der Waals surface area (Å²) < 4.78 is 27.4. The van der Waals surface area contributed by atoms with Crippen LogP contribution >= 0.6 is 0 Å². The highest BCUT2D eigenvalue weighted by Crippen LogP contribution is 2.44. The SMILES string of the molecule is [B]c1cc([C@]2(C#N)O[C@H](COCc3ccccc3)[C@@H](OCc3ccccc3)[C@H]2OCc2ccccc2)n2ncnc(N)c12. The van der Waals surface area contributed by atoms with Gasteiger partial charge in [0.2, 0.25) is 5.60 Å². The van der Waals surface area contributed by atoms with Crippen LogP contribution < -0.4 is 11.2 Å². The highest BCUT2D eigenvalue weighted by molar-refractivity contribution is 6.37. The summed E-state index contributed by atoms with van der Waals surface area (Å²) >= 11 is 0. The molecule has 0 spiro atoms. The van der Waals surface area contributed by atoms with Crippen LogP contribution in [0.2, 0.25) is 0 Å². The number of nitrogens with two attached hydrogens (primary N) is 1. The molecule has 2 radical (unpaired) electrons. The number of rotatable bonds is 11. The van der Waals surface area contributed by atoms with Crippen molar-refractivity contribution in [3.05, 3.63) is 126 Å². The monoisotopic (exact) mass is 571 g/mol. The highest BCUT2D eigenvalue weighted by atomic mass is 16.6. The predicted octanol–water partition coefficient (Wildman–Crippen LogP) is 3.61. The number of benzene rings is 3. The molecule has 3 heterocycles. The normalized spacial score (nSPS) is 21.6. The smallest absolute Gasteiger partial charge is 0.225 e. The molecule has 1 saturated heterocycles. The lowest BCUT2D eigenvalue weighted by molar-refractivity contribution is -0.0971. The van der Waals surface area contributed by atoms with Crippen molar-refractivity contribution in [2.75, 3.05) is 12.3 Å². The summed E-state index contributed by atoms with van der Waals surface area (Å²) in [5.74, 6) is 0.186. The summed E-state index contributed by atoms with van der Waals surface area (Å²) in [5, 5.41) is 15.3. The number of fused-ring (bicyclic) bond motifs is 1. The Labute approximate surface area is 251 Å². The molecule has 1 aliphatic rings. The Balaban J connectivity index is 1.39. The summed E-state index contributed by atoms with van der Waals surface area (Å²) in [6.45, 7) is 1.02. The van der Waals surface area contributed by atoms with Crippen LogP contribution in [0, 0.1) is 11.3 Å². The van der Waals surface area contributed by atoms with E-state index in [2.05, 4.69) is 16.2 Å². The number of nitrogens with zero attached hydrogens (tertiary/aromatic N) is 4. The van der Waals surface area contributed by atoms with E-state index in [0.29, 0.717) is 23.3 Å². The topological polar surface area (TPSA) is 117 Å². The molecule has 9 nitrogen and oxygen atoms in total. The zero-order valence-corrected chi connectivity index (χ0v) is 23.5. The van der Waals surface area contributed by atoms with Gasteiger partial charge < -0.3 is 24.7 Å². The van der Waals surface area contributed by atoms with Crippen molar-refractivity contribution < 1.29 is 18.9 Å². The van der Waals surface area contributed by atoms with Crippen LogP contribution in [-0.4, -0.2) is 47.4 Å². The van der Waals surface area contributed by atoms with Crippen LogP contribution in [0.5, 0.6) is 0 Å². The number of ether oxygens (including phenoxy) is 4. The lowest BCUT2D eigenvalue weighted by Crippen LogP contribution is -2.44. The Morgan fingerprint density at radius 1 is 0.884 bits per heavy atom. The van der Waals surface area contributed by atoms with Gasteiger partial charge in [-0.25, -0.2) is 9.50 Å². The van der Waals surface area contributed by atoms with E-state index in [-0.39, 0.29) is 25.6 Å². The van der Waals surface area contributed by atoms with Crippen molar-refractivity contribution in [2.24, 2.45) is 0 Å². The summed E-state index contributed by atoms with van der Waals surface area (Å²) in [4.78, 5) is 4.08. The van der Waals surface area contributed by atoms with Crippen LogP contribution in [0.25, 0.3) is 5.52 Å². The maximum absolute atomic E-state index is 10.9. The van der Waals surface area contributed by atoms with Crippen LogP contribution in [-0.2, 0) is 44.4 Å². The molecule has 10 heteroatoms. The van der Waals surface area contributed by atoms with Crippen LogP contribution in [0.1, 0.15) is 22.4 Å². The Bertz CT molecular complexity index is 1700. The maximum atomic E-state index is 10.9. The van der Waals surface area contributed by atoms with E-state index in [1.165, 1.54) is 10.8 Å². The van der Waals surface area contributed by atoms with Crippen LogP contribution in [0.4, 0.5) is 5.82 Å². The van der Waals surface area contributed by atoms with Crippen molar-refractivity contribution >= 4 is 24.6 Å². The zero-order valence-electron chi connectivity index (χ0n) is 23.5. The second-order valence-corrected chi connectivity index (χ2v) is 10.4. The van der Waals surface area contributed by atoms with Gasteiger partial charge in [-0.05, 0) is 22.8 Å². The minimum absolute atomic E-state index is 0.152. The number of nitrogen functional groups attached to an aromatic ring is 1. The van der Waals surface area contributed by atoms with E-state index in [1.807, 2.05) is 91.0 Å². The highest BCUT2D eigenvalue weighted by Gasteiger charge is 2.60. The largest absolute Gasteiger partial charge is 0.382 e. The maximum Gasteiger partial charge on any atom is 0.225 e. The first-order valence-electron chi connectivity index (χ1n) is 14.0. The molecule has 6 rings (SSSR count). The third kappa shape index (κ3) is 5.89. The molecule has 0 bridgehead atoms. The lowest BCUT2D eigenvalue weighted by Gasteiger charge is -2.29.